The molecule has 2 saturated heterocycles. The lowest BCUT2D eigenvalue weighted by molar-refractivity contribution is -0.136. The van der Waals surface area contributed by atoms with Crippen molar-refractivity contribution in [2.45, 2.75) is 38.3 Å². The van der Waals surface area contributed by atoms with Crippen molar-refractivity contribution in [3.05, 3.63) is 0 Å². The van der Waals surface area contributed by atoms with Gasteiger partial charge in [0.1, 0.15) is 6.04 Å². The van der Waals surface area contributed by atoms with Crippen LogP contribution >= 0.6 is 0 Å². The summed E-state index contributed by atoms with van der Waals surface area (Å²) < 4.78 is 0. The van der Waals surface area contributed by atoms with E-state index in [-0.39, 0.29) is 17.9 Å². The fourth-order valence-corrected chi connectivity index (χ4v) is 2.61. The predicted octanol–water partition coefficient (Wildman–Crippen LogP) is -0.935. The summed E-state index contributed by atoms with van der Waals surface area (Å²) in [4.78, 5) is 26.3. The van der Waals surface area contributed by atoms with E-state index in [0.717, 1.165) is 39.0 Å². The number of amides is 2. The fraction of sp³-hybridized carbons (Fsp3) is 0.846. The average molecular weight is 268 g/mol. The van der Waals surface area contributed by atoms with Crippen LogP contribution in [0.4, 0.5) is 0 Å². The van der Waals surface area contributed by atoms with E-state index in [2.05, 4.69) is 20.9 Å². The van der Waals surface area contributed by atoms with Crippen LogP contribution in [0.15, 0.2) is 0 Å². The van der Waals surface area contributed by atoms with Crippen LogP contribution < -0.4 is 16.0 Å². The molecule has 0 aliphatic carbocycles. The molecule has 3 N–H and O–H groups in total. The van der Waals surface area contributed by atoms with Crippen molar-refractivity contribution in [3.8, 4) is 0 Å². The van der Waals surface area contributed by atoms with Crippen molar-refractivity contribution in [1.29, 1.82) is 0 Å². The molecule has 2 fully saturated rings. The maximum absolute atomic E-state index is 12.4. The topological polar surface area (TPSA) is 73.5 Å². The first-order chi connectivity index (χ1) is 9.01. The Morgan fingerprint density at radius 1 is 1.32 bits per heavy atom. The summed E-state index contributed by atoms with van der Waals surface area (Å²) in [6, 6.07) is -0.372. The average Bonchev–Trinajstić information content (AvgIpc) is 2.42. The molecule has 0 radical (unpaired) electrons. The molecule has 1 unspecified atom stereocenters. The molecule has 0 aromatic heterocycles. The standard InChI is InChI=1S/C13H24N4O2/c1-13(2,17-8-6-14-7-9-17)12(19)16-10-4-3-5-15-11(10)18/h10,14H,3-9H2,1-2H3,(H,15,18)(H,16,19). The first-order valence-corrected chi connectivity index (χ1v) is 7.06. The molecule has 0 bridgehead atoms. The summed E-state index contributed by atoms with van der Waals surface area (Å²) in [5, 5.41) is 8.96. The summed E-state index contributed by atoms with van der Waals surface area (Å²) in [5.74, 6) is -0.118. The number of carbonyl (C=O) groups excluding carboxylic acids is 2. The monoisotopic (exact) mass is 268 g/mol. The van der Waals surface area contributed by atoms with Gasteiger partial charge < -0.3 is 16.0 Å². The molecular formula is C13H24N4O2. The molecule has 2 aliphatic rings. The van der Waals surface area contributed by atoms with E-state index >= 15 is 0 Å². The molecule has 1 atom stereocenters. The third-order valence-electron chi connectivity index (χ3n) is 4.05. The third kappa shape index (κ3) is 3.25. The van der Waals surface area contributed by atoms with Crippen molar-refractivity contribution in [2.24, 2.45) is 0 Å². The van der Waals surface area contributed by atoms with Crippen LogP contribution in [0.2, 0.25) is 0 Å². The van der Waals surface area contributed by atoms with Gasteiger partial charge in [0, 0.05) is 32.7 Å². The highest BCUT2D eigenvalue weighted by Gasteiger charge is 2.37. The van der Waals surface area contributed by atoms with Crippen LogP contribution in [0.3, 0.4) is 0 Å². The van der Waals surface area contributed by atoms with Crippen LogP contribution in [0.1, 0.15) is 26.7 Å². The molecule has 0 aromatic rings. The van der Waals surface area contributed by atoms with Crippen LogP contribution in [-0.2, 0) is 9.59 Å². The van der Waals surface area contributed by atoms with Gasteiger partial charge in [-0.3, -0.25) is 14.5 Å². The van der Waals surface area contributed by atoms with Crippen LogP contribution in [0.5, 0.6) is 0 Å². The van der Waals surface area contributed by atoms with Crippen LogP contribution in [-0.4, -0.2) is 61.0 Å². The zero-order chi connectivity index (χ0) is 13.9. The van der Waals surface area contributed by atoms with Gasteiger partial charge in [0.2, 0.25) is 11.8 Å². The Bertz CT molecular complexity index is 351. The van der Waals surface area contributed by atoms with Crippen molar-refractivity contribution >= 4 is 11.8 Å². The number of piperidine rings is 1. The van der Waals surface area contributed by atoms with Gasteiger partial charge in [-0.05, 0) is 26.7 Å². The summed E-state index contributed by atoms with van der Waals surface area (Å²) in [6.45, 7) is 8.09. The summed E-state index contributed by atoms with van der Waals surface area (Å²) in [7, 11) is 0. The lowest BCUT2D eigenvalue weighted by atomic mass is 9.98. The fourth-order valence-electron chi connectivity index (χ4n) is 2.61. The van der Waals surface area contributed by atoms with Gasteiger partial charge in [0.25, 0.3) is 0 Å². The van der Waals surface area contributed by atoms with Gasteiger partial charge in [0.15, 0.2) is 0 Å². The Morgan fingerprint density at radius 3 is 2.63 bits per heavy atom. The molecule has 0 saturated carbocycles. The van der Waals surface area contributed by atoms with E-state index < -0.39 is 5.54 Å². The normalized spacial score (nSPS) is 25.8. The lowest BCUT2D eigenvalue weighted by Gasteiger charge is -2.40. The highest BCUT2D eigenvalue weighted by Crippen LogP contribution is 2.16. The van der Waals surface area contributed by atoms with Crippen molar-refractivity contribution in [2.75, 3.05) is 32.7 Å². The van der Waals surface area contributed by atoms with Gasteiger partial charge in [-0.15, -0.1) is 0 Å². The van der Waals surface area contributed by atoms with Crippen molar-refractivity contribution < 1.29 is 9.59 Å². The maximum Gasteiger partial charge on any atom is 0.242 e. The summed E-state index contributed by atoms with van der Waals surface area (Å²) in [5.41, 5.74) is -0.570. The predicted molar refractivity (Wildman–Crippen MR) is 72.7 cm³/mol. The summed E-state index contributed by atoms with van der Waals surface area (Å²) in [6.07, 6.45) is 1.65. The molecule has 0 aromatic carbocycles. The Hall–Kier alpha value is -1.14. The molecule has 2 amide bonds. The van der Waals surface area contributed by atoms with Crippen LogP contribution in [0, 0.1) is 0 Å². The van der Waals surface area contributed by atoms with E-state index in [0.29, 0.717) is 6.54 Å². The number of carbonyl (C=O) groups is 2. The Balaban J connectivity index is 1.95. The second-order valence-corrected chi connectivity index (χ2v) is 5.76. The molecule has 2 rings (SSSR count). The largest absolute Gasteiger partial charge is 0.354 e. The number of nitrogens with one attached hydrogen (secondary N) is 3. The minimum Gasteiger partial charge on any atom is -0.354 e. The number of hydrogen-bond acceptors (Lipinski definition) is 4. The first-order valence-electron chi connectivity index (χ1n) is 7.06. The Labute approximate surface area is 114 Å². The van der Waals surface area contributed by atoms with E-state index in [1.165, 1.54) is 0 Å². The van der Waals surface area contributed by atoms with Crippen molar-refractivity contribution in [1.82, 2.24) is 20.9 Å². The molecule has 0 spiro atoms. The molecule has 19 heavy (non-hydrogen) atoms. The van der Waals surface area contributed by atoms with E-state index in [4.69, 9.17) is 0 Å². The molecule has 108 valence electrons. The van der Waals surface area contributed by atoms with E-state index in [1.807, 2.05) is 13.8 Å². The smallest absolute Gasteiger partial charge is 0.242 e. The number of rotatable bonds is 3. The minimum absolute atomic E-state index is 0.0588. The van der Waals surface area contributed by atoms with Gasteiger partial charge in [-0.2, -0.15) is 0 Å². The first kappa shape index (κ1) is 14.3. The second-order valence-electron chi connectivity index (χ2n) is 5.76. The number of nitrogens with zero attached hydrogens (tertiary/aromatic N) is 1. The molecular weight excluding hydrogens is 244 g/mol. The zero-order valence-corrected chi connectivity index (χ0v) is 11.8. The molecule has 2 heterocycles. The quantitative estimate of drug-likeness (QED) is 0.618. The van der Waals surface area contributed by atoms with Gasteiger partial charge >= 0.3 is 0 Å². The third-order valence-corrected chi connectivity index (χ3v) is 4.05. The summed E-state index contributed by atoms with van der Waals surface area (Å²) >= 11 is 0. The minimum atomic E-state index is -0.570. The van der Waals surface area contributed by atoms with Gasteiger partial charge in [0.05, 0.1) is 5.54 Å². The van der Waals surface area contributed by atoms with Gasteiger partial charge in [-0.1, -0.05) is 0 Å². The number of piperazine rings is 1. The Kier molecular flexibility index (Phi) is 4.42. The van der Waals surface area contributed by atoms with Gasteiger partial charge in [-0.25, -0.2) is 0 Å². The highest BCUT2D eigenvalue weighted by atomic mass is 16.2. The zero-order valence-electron chi connectivity index (χ0n) is 11.8. The second kappa shape index (κ2) is 5.88. The molecule has 6 nitrogen and oxygen atoms in total. The Morgan fingerprint density at radius 2 is 2.00 bits per heavy atom. The maximum atomic E-state index is 12.4. The lowest BCUT2D eigenvalue weighted by Crippen LogP contribution is -2.62. The van der Waals surface area contributed by atoms with E-state index in [9.17, 15) is 9.59 Å². The number of hydrogen-bond donors (Lipinski definition) is 3. The molecule has 6 heteroatoms. The van der Waals surface area contributed by atoms with E-state index in [1.54, 1.807) is 0 Å². The van der Waals surface area contributed by atoms with Crippen LogP contribution in [0.25, 0.3) is 0 Å². The highest BCUT2D eigenvalue weighted by molar-refractivity contribution is 5.91. The SMILES string of the molecule is CC(C)(C(=O)NC1CCCNC1=O)N1CCNCC1. The van der Waals surface area contributed by atoms with Crippen molar-refractivity contribution in [3.63, 3.8) is 0 Å². The molecule has 2 aliphatic heterocycles.